The summed E-state index contributed by atoms with van der Waals surface area (Å²) < 4.78 is 5.53. The molecule has 0 amide bonds. The lowest BCUT2D eigenvalue weighted by molar-refractivity contribution is -0.136. The molecule has 0 heterocycles. The molecule has 0 aliphatic heterocycles. The summed E-state index contributed by atoms with van der Waals surface area (Å²) in [5.74, 6) is 0.903. The number of thioether (sulfide) groups is 1. The number of carbonyl (C=O) groups is 1. The van der Waals surface area contributed by atoms with Crippen molar-refractivity contribution in [1.29, 1.82) is 0 Å². The molecule has 1 rings (SSSR count). The number of carboxylic acids is 1. The first-order chi connectivity index (χ1) is 8.59. The number of rotatable bonds is 8. The number of halogens is 1. The van der Waals surface area contributed by atoms with E-state index in [1.54, 1.807) is 19.1 Å². The number of unbranched alkanes of at least 4 members (excludes halogenated alkanes) is 1. The fraction of sp³-hybridized carbons (Fsp3) is 0.462. The maximum atomic E-state index is 10.6. The fourth-order valence-electron chi connectivity index (χ4n) is 1.26. The van der Waals surface area contributed by atoms with E-state index in [-0.39, 0.29) is 5.25 Å². The van der Waals surface area contributed by atoms with Gasteiger partial charge in [-0.1, -0.05) is 11.6 Å². The molecule has 0 aliphatic rings. The molecular formula is C13H17ClO3S. The third-order valence-electron chi connectivity index (χ3n) is 2.34. The normalized spacial score (nSPS) is 12.1. The zero-order valence-corrected chi connectivity index (χ0v) is 11.8. The summed E-state index contributed by atoms with van der Waals surface area (Å²) in [5.41, 5.74) is 0. The highest BCUT2D eigenvalue weighted by atomic mass is 35.5. The lowest BCUT2D eigenvalue weighted by atomic mass is 10.3. The monoisotopic (exact) mass is 288 g/mol. The summed E-state index contributed by atoms with van der Waals surface area (Å²) in [6, 6.07) is 7.26. The highest BCUT2D eigenvalue weighted by Gasteiger charge is 2.09. The summed E-state index contributed by atoms with van der Waals surface area (Å²) in [4.78, 5) is 10.6. The summed E-state index contributed by atoms with van der Waals surface area (Å²) in [6.07, 6.45) is 1.87. The first-order valence-electron chi connectivity index (χ1n) is 5.82. The molecule has 0 spiro atoms. The van der Waals surface area contributed by atoms with Crippen LogP contribution >= 0.6 is 23.4 Å². The Morgan fingerprint density at radius 1 is 1.39 bits per heavy atom. The van der Waals surface area contributed by atoms with E-state index in [1.807, 2.05) is 12.1 Å². The summed E-state index contributed by atoms with van der Waals surface area (Å²) in [7, 11) is 0. The van der Waals surface area contributed by atoms with Gasteiger partial charge in [0, 0.05) is 5.02 Å². The Bertz CT molecular complexity index is 367. The molecule has 1 atom stereocenters. The highest BCUT2D eigenvalue weighted by molar-refractivity contribution is 8.00. The van der Waals surface area contributed by atoms with Gasteiger partial charge < -0.3 is 9.84 Å². The van der Waals surface area contributed by atoms with Crippen LogP contribution in [-0.2, 0) is 4.79 Å². The minimum Gasteiger partial charge on any atom is -0.494 e. The number of benzene rings is 1. The van der Waals surface area contributed by atoms with Gasteiger partial charge in [0.15, 0.2) is 0 Å². The van der Waals surface area contributed by atoms with Gasteiger partial charge in [0.2, 0.25) is 0 Å². The van der Waals surface area contributed by atoms with E-state index in [9.17, 15) is 4.79 Å². The Morgan fingerprint density at radius 2 is 2.06 bits per heavy atom. The van der Waals surface area contributed by atoms with Crippen molar-refractivity contribution in [3.05, 3.63) is 29.3 Å². The molecule has 1 aromatic carbocycles. The topological polar surface area (TPSA) is 46.5 Å². The predicted molar refractivity (Wildman–Crippen MR) is 75.7 cm³/mol. The number of hydrogen-bond donors (Lipinski definition) is 1. The molecule has 0 aliphatic carbocycles. The summed E-state index contributed by atoms with van der Waals surface area (Å²) in [5, 5.41) is 9.06. The van der Waals surface area contributed by atoms with Crippen molar-refractivity contribution in [2.75, 3.05) is 12.4 Å². The quantitative estimate of drug-likeness (QED) is 0.741. The smallest absolute Gasteiger partial charge is 0.316 e. The Labute approximate surface area is 116 Å². The van der Waals surface area contributed by atoms with Crippen LogP contribution in [0, 0.1) is 0 Å². The van der Waals surface area contributed by atoms with E-state index in [4.69, 9.17) is 21.4 Å². The van der Waals surface area contributed by atoms with E-state index in [1.165, 1.54) is 11.8 Å². The SMILES string of the molecule is CC(SCCCCOc1ccc(Cl)cc1)C(=O)O. The van der Waals surface area contributed by atoms with Gasteiger partial charge in [-0.25, -0.2) is 0 Å². The molecule has 1 unspecified atom stereocenters. The van der Waals surface area contributed by atoms with Gasteiger partial charge >= 0.3 is 5.97 Å². The highest BCUT2D eigenvalue weighted by Crippen LogP contribution is 2.16. The second kappa shape index (κ2) is 8.27. The first kappa shape index (κ1) is 15.2. The van der Waals surface area contributed by atoms with Crippen molar-refractivity contribution in [2.45, 2.75) is 25.0 Å². The van der Waals surface area contributed by atoms with Crippen molar-refractivity contribution >= 4 is 29.3 Å². The molecule has 0 saturated heterocycles. The van der Waals surface area contributed by atoms with Crippen molar-refractivity contribution in [3.8, 4) is 5.75 Å². The first-order valence-corrected chi connectivity index (χ1v) is 7.25. The molecule has 3 nitrogen and oxygen atoms in total. The van der Waals surface area contributed by atoms with Crippen LogP contribution in [0.15, 0.2) is 24.3 Å². The molecule has 0 bridgehead atoms. The van der Waals surface area contributed by atoms with Crippen LogP contribution in [0.4, 0.5) is 0 Å². The molecule has 0 saturated carbocycles. The maximum Gasteiger partial charge on any atom is 0.316 e. The van der Waals surface area contributed by atoms with Crippen LogP contribution in [-0.4, -0.2) is 28.7 Å². The van der Waals surface area contributed by atoms with Gasteiger partial charge in [0.1, 0.15) is 5.75 Å². The number of ether oxygens (including phenoxy) is 1. The van der Waals surface area contributed by atoms with Crippen molar-refractivity contribution in [3.63, 3.8) is 0 Å². The van der Waals surface area contributed by atoms with Crippen LogP contribution < -0.4 is 4.74 Å². The van der Waals surface area contributed by atoms with Crippen LogP contribution in [0.25, 0.3) is 0 Å². The van der Waals surface area contributed by atoms with Crippen LogP contribution in [0.5, 0.6) is 5.75 Å². The van der Waals surface area contributed by atoms with E-state index in [0.717, 1.165) is 24.3 Å². The zero-order chi connectivity index (χ0) is 13.4. The van der Waals surface area contributed by atoms with Gasteiger partial charge in [-0.3, -0.25) is 4.79 Å². The van der Waals surface area contributed by atoms with E-state index < -0.39 is 5.97 Å². The molecule has 18 heavy (non-hydrogen) atoms. The number of carboxylic acid groups (broad SMARTS) is 1. The zero-order valence-electron chi connectivity index (χ0n) is 10.3. The molecule has 0 fully saturated rings. The Kier molecular flexibility index (Phi) is 6.98. The largest absolute Gasteiger partial charge is 0.494 e. The molecule has 5 heteroatoms. The van der Waals surface area contributed by atoms with Crippen molar-refractivity contribution < 1.29 is 14.6 Å². The molecule has 0 radical (unpaired) electrons. The second-order valence-corrected chi connectivity index (χ2v) is 5.75. The molecular weight excluding hydrogens is 272 g/mol. The molecule has 1 aromatic rings. The molecule has 1 N–H and O–H groups in total. The summed E-state index contributed by atoms with van der Waals surface area (Å²) in [6.45, 7) is 2.35. The molecule has 100 valence electrons. The lowest BCUT2D eigenvalue weighted by Crippen LogP contribution is -2.12. The lowest BCUT2D eigenvalue weighted by Gasteiger charge is -2.07. The van der Waals surface area contributed by atoms with E-state index in [2.05, 4.69) is 0 Å². The minimum absolute atomic E-state index is 0.331. The average molecular weight is 289 g/mol. The predicted octanol–water partition coefficient (Wildman–Crippen LogP) is 3.71. The van der Waals surface area contributed by atoms with E-state index >= 15 is 0 Å². The third kappa shape index (κ3) is 6.17. The third-order valence-corrected chi connectivity index (χ3v) is 3.81. The number of hydrogen-bond acceptors (Lipinski definition) is 3. The maximum absolute atomic E-state index is 10.6. The van der Waals surface area contributed by atoms with Crippen LogP contribution in [0.1, 0.15) is 19.8 Å². The Morgan fingerprint density at radius 3 is 2.67 bits per heavy atom. The Hall–Kier alpha value is -0.870. The Balaban J connectivity index is 2.05. The minimum atomic E-state index is -0.752. The van der Waals surface area contributed by atoms with E-state index in [0.29, 0.717) is 11.6 Å². The van der Waals surface area contributed by atoms with Crippen LogP contribution in [0.3, 0.4) is 0 Å². The fourth-order valence-corrected chi connectivity index (χ4v) is 2.25. The standard InChI is InChI=1S/C13H17ClO3S/c1-10(13(15)16)18-9-3-2-8-17-12-6-4-11(14)5-7-12/h4-7,10H,2-3,8-9H2,1H3,(H,15,16). The number of aliphatic carboxylic acids is 1. The molecule has 0 aromatic heterocycles. The van der Waals surface area contributed by atoms with Crippen molar-refractivity contribution in [2.24, 2.45) is 0 Å². The van der Waals surface area contributed by atoms with Gasteiger partial charge in [-0.2, -0.15) is 0 Å². The summed E-state index contributed by atoms with van der Waals surface area (Å²) >= 11 is 7.22. The van der Waals surface area contributed by atoms with Gasteiger partial charge in [0.05, 0.1) is 11.9 Å². The van der Waals surface area contributed by atoms with Crippen LogP contribution in [0.2, 0.25) is 5.02 Å². The van der Waals surface area contributed by atoms with Crippen molar-refractivity contribution in [1.82, 2.24) is 0 Å². The second-order valence-electron chi connectivity index (χ2n) is 3.86. The van der Waals surface area contributed by atoms with Gasteiger partial charge in [0.25, 0.3) is 0 Å². The average Bonchev–Trinajstić information content (AvgIpc) is 2.35. The van der Waals surface area contributed by atoms with Gasteiger partial charge in [-0.15, -0.1) is 11.8 Å². The van der Waals surface area contributed by atoms with Gasteiger partial charge in [-0.05, 0) is 49.8 Å².